The number of hydrogen-bond donors (Lipinski definition) is 0. The molecule has 2 aromatic carbocycles. The van der Waals surface area contributed by atoms with E-state index < -0.39 is 6.16 Å². The molecule has 1 saturated heterocycles. The molecule has 2 aliphatic rings. The van der Waals surface area contributed by atoms with Crippen molar-refractivity contribution in [2.24, 2.45) is 0 Å². The minimum Gasteiger partial charge on any atom is -0.494 e. The number of ether oxygens (including phenoxy) is 3. The summed E-state index contributed by atoms with van der Waals surface area (Å²) in [6, 6.07) is 14.7. The van der Waals surface area contributed by atoms with Crippen LogP contribution in [0.5, 0.6) is 5.75 Å². The van der Waals surface area contributed by atoms with Crippen molar-refractivity contribution in [3.05, 3.63) is 53.4 Å². The van der Waals surface area contributed by atoms with Crippen LogP contribution < -0.4 is 14.5 Å². The second kappa shape index (κ2) is 17.4. The highest BCUT2D eigenvalue weighted by atomic mass is 32.1. The quantitative estimate of drug-likeness (QED) is 0.110. The van der Waals surface area contributed by atoms with Crippen LogP contribution in [0.15, 0.2) is 47.8 Å². The fraction of sp³-hybridized carbons (Fsp3) is 0.556. The number of carbonyl (C=O) groups is 2. The number of carbonyl (C=O) groups excluding carboxylic acids is 2. The molecule has 0 spiro atoms. The van der Waals surface area contributed by atoms with Gasteiger partial charge in [-0.3, -0.25) is 14.6 Å². The SMILES string of the molecule is CCCCCCCCCOC(=O)OCN1C(=O)CCc2ccc(OCCCCN3CCN(c4cccc5sccc45)CC3)cc21. The van der Waals surface area contributed by atoms with E-state index >= 15 is 0 Å². The lowest BCUT2D eigenvalue weighted by Gasteiger charge is -2.36. The zero-order valence-electron chi connectivity index (χ0n) is 26.8. The van der Waals surface area contributed by atoms with Crippen molar-refractivity contribution < 1.29 is 23.8 Å². The molecule has 1 aromatic heterocycles. The third-order valence-electron chi connectivity index (χ3n) is 8.86. The summed E-state index contributed by atoms with van der Waals surface area (Å²) in [6.45, 7) is 8.34. The van der Waals surface area contributed by atoms with Crippen molar-refractivity contribution in [3.8, 4) is 5.75 Å². The van der Waals surface area contributed by atoms with Gasteiger partial charge in [-0.1, -0.05) is 57.6 Å². The molecule has 0 N–H and O–H groups in total. The van der Waals surface area contributed by atoms with Crippen LogP contribution in [0.4, 0.5) is 16.2 Å². The number of benzene rings is 2. The topological polar surface area (TPSA) is 71.5 Å². The van der Waals surface area contributed by atoms with Gasteiger partial charge in [0, 0.05) is 54.4 Å². The van der Waals surface area contributed by atoms with Crippen LogP contribution in [0.3, 0.4) is 0 Å². The molecule has 0 aliphatic carbocycles. The lowest BCUT2D eigenvalue weighted by molar-refractivity contribution is -0.119. The average Bonchev–Trinajstić information content (AvgIpc) is 3.55. The van der Waals surface area contributed by atoms with E-state index in [-0.39, 0.29) is 12.6 Å². The van der Waals surface area contributed by atoms with Gasteiger partial charge in [0.25, 0.3) is 0 Å². The van der Waals surface area contributed by atoms with Gasteiger partial charge in [-0.2, -0.15) is 0 Å². The fourth-order valence-electron chi connectivity index (χ4n) is 6.22. The largest absolute Gasteiger partial charge is 0.510 e. The minimum atomic E-state index is -0.727. The van der Waals surface area contributed by atoms with Gasteiger partial charge in [0.05, 0.1) is 18.9 Å². The van der Waals surface area contributed by atoms with Crippen LogP contribution in [-0.2, 0) is 20.7 Å². The fourth-order valence-corrected chi connectivity index (χ4v) is 7.02. The summed E-state index contributed by atoms with van der Waals surface area (Å²) in [5, 5.41) is 3.55. The van der Waals surface area contributed by atoms with E-state index in [2.05, 4.69) is 46.4 Å². The number of unbranched alkanes of at least 4 members (excludes halogenated alkanes) is 7. The maximum absolute atomic E-state index is 12.7. The molecule has 0 saturated carbocycles. The Bertz CT molecular complexity index is 1370. The Hall–Kier alpha value is -3.30. The highest BCUT2D eigenvalue weighted by Gasteiger charge is 2.26. The lowest BCUT2D eigenvalue weighted by atomic mass is 10.0. The minimum absolute atomic E-state index is 0.0633. The van der Waals surface area contributed by atoms with Crippen molar-refractivity contribution in [1.82, 2.24) is 4.90 Å². The molecule has 0 unspecified atom stereocenters. The number of thiophene rings is 1. The molecule has 1 fully saturated rings. The highest BCUT2D eigenvalue weighted by Crippen LogP contribution is 2.32. The first-order chi connectivity index (χ1) is 22.1. The van der Waals surface area contributed by atoms with Crippen molar-refractivity contribution in [2.45, 2.75) is 77.6 Å². The molecular weight excluding hydrogens is 586 g/mol. The van der Waals surface area contributed by atoms with Crippen molar-refractivity contribution in [3.63, 3.8) is 0 Å². The Balaban J connectivity index is 0.989. The number of piperazine rings is 1. The molecule has 3 aromatic rings. The maximum atomic E-state index is 12.7. The zero-order chi connectivity index (χ0) is 31.3. The summed E-state index contributed by atoms with van der Waals surface area (Å²) < 4.78 is 18.0. The first-order valence-electron chi connectivity index (χ1n) is 16.9. The van der Waals surface area contributed by atoms with E-state index in [1.807, 2.05) is 18.2 Å². The van der Waals surface area contributed by atoms with Gasteiger partial charge in [-0.15, -0.1) is 11.3 Å². The van der Waals surface area contributed by atoms with E-state index in [4.69, 9.17) is 14.2 Å². The predicted octanol–water partition coefficient (Wildman–Crippen LogP) is 8.02. The summed E-state index contributed by atoms with van der Waals surface area (Å²) in [4.78, 5) is 31.5. The zero-order valence-corrected chi connectivity index (χ0v) is 27.7. The number of hydrogen-bond acceptors (Lipinski definition) is 8. The summed E-state index contributed by atoms with van der Waals surface area (Å²) >= 11 is 1.81. The standard InChI is InChI=1S/C36H49N3O5S/c1-2-3-4-5-6-7-9-25-43-36(41)44-28-39-33-27-30(16-14-29(33)15-17-35(39)40)42-24-10-8-19-37-20-22-38(23-21-37)32-12-11-13-34-31(32)18-26-45-34/h11-14,16,18,26-27H,2-10,15,17,19-25,28H2,1H3. The van der Waals surface area contributed by atoms with Crippen LogP contribution in [0.1, 0.15) is 76.7 Å². The first kappa shape index (κ1) is 33.1. The molecule has 2 aliphatic heterocycles. The number of anilines is 2. The van der Waals surface area contributed by atoms with Crippen molar-refractivity contribution >= 4 is 44.9 Å². The second-order valence-electron chi connectivity index (χ2n) is 12.1. The molecule has 5 rings (SSSR count). The molecule has 8 nitrogen and oxygen atoms in total. The summed E-state index contributed by atoms with van der Waals surface area (Å²) in [5.41, 5.74) is 3.16. The normalized spacial score (nSPS) is 15.4. The molecule has 0 bridgehead atoms. The van der Waals surface area contributed by atoms with E-state index in [9.17, 15) is 9.59 Å². The number of amides is 1. The van der Waals surface area contributed by atoms with Gasteiger partial charge in [0.2, 0.25) is 5.91 Å². The Morgan fingerprint density at radius 3 is 2.47 bits per heavy atom. The third kappa shape index (κ3) is 9.60. The van der Waals surface area contributed by atoms with Gasteiger partial charge in [0.15, 0.2) is 6.73 Å². The molecule has 45 heavy (non-hydrogen) atoms. The highest BCUT2D eigenvalue weighted by molar-refractivity contribution is 7.17. The van der Waals surface area contributed by atoms with Crippen LogP contribution in [0, 0.1) is 0 Å². The average molecular weight is 636 g/mol. The molecule has 244 valence electrons. The Morgan fingerprint density at radius 2 is 1.62 bits per heavy atom. The Morgan fingerprint density at radius 1 is 0.822 bits per heavy atom. The molecular formula is C36H49N3O5S. The predicted molar refractivity (Wildman–Crippen MR) is 183 cm³/mol. The number of nitrogens with zero attached hydrogens (tertiary/aromatic N) is 3. The lowest BCUT2D eigenvalue weighted by Crippen LogP contribution is -2.46. The van der Waals surface area contributed by atoms with Gasteiger partial charge in [-0.05, 0) is 67.4 Å². The molecule has 3 heterocycles. The monoisotopic (exact) mass is 635 g/mol. The van der Waals surface area contributed by atoms with Gasteiger partial charge in [-0.25, -0.2) is 4.79 Å². The van der Waals surface area contributed by atoms with Gasteiger partial charge >= 0.3 is 6.16 Å². The van der Waals surface area contributed by atoms with E-state index in [0.29, 0.717) is 26.1 Å². The van der Waals surface area contributed by atoms with Crippen LogP contribution in [-0.4, -0.2) is 69.6 Å². The smallest absolute Gasteiger partial charge is 0.494 e. The summed E-state index contributed by atoms with van der Waals surface area (Å²) in [5.74, 6) is 0.665. The summed E-state index contributed by atoms with van der Waals surface area (Å²) in [6.07, 6.45) is 10.4. The second-order valence-corrected chi connectivity index (χ2v) is 13.0. The molecule has 0 radical (unpaired) electrons. The van der Waals surface area contributed by atoms with Crippen LogP contribution in [0.2, 0.25) is 0 Å². The van der Waals surface area contributed by atoms with Gasteiger partial charge in [0.1, 0.15) is 5.75 Å². The van der Waals surface area contributed by atoms with Crippen LogP contribution in [0.25, 0.3) is 10.1 Å². The Labute approximate surface area is 272 Å². The number of aryl methyl sites for hydroxylation is 1. The third-order valence-corrected chi connectivity index (χ3v) is 9.74. The summed E-state index contributed by atoms with van der Waals surface area (Å²) in [7, 11) is 0. The van der Waals surface area contributed by atoms with E-state index in [1.54, 1.807) is 11.3 Å². The molecule has 1 amide bonds. The van der Waals surface area contributed by atoms with Crippen molar-refractivity contribution in [1.29, 1.82) is 0 Å². The molecule has 9 heteroatoms. The maximum Gasteiger partial charge on any atom is 0.510 e. The first-order valence-corrected chi connectivity index (χ1v) is 17.8. The number of fused-ring (bicyclic) bond motifs is 2. The number of rotatable bonds is 17. The van der Waals surface area contributed by atoms with E-state index in [0.717, 1.165) is 81.8 Å². The molecule has 0 atom stereocenters. The van der Waals surface area contributed by atoms with Gasteiger partial charge < -0.3 is 19.1 Å². The van der Waals surface area contributed by atoms with Crippen molar-refractivity contribution in [2.75, 3.05) is 62.5 Å². The van der Waals surface area contributed by atoms with Crippen LogP contribution >= 0.6 is 11.3 Å². The van der Waals surface area contributed by atoms with E-state index in [1.165, 1.54) is 46.4 Å². The Kier molecular flexibility index (Phi) is 12.8.